The highest BCUT2D eigenvalue weighted by Crippen LogP contribution is 2.53. The topological polar surface area (TPSA) is 8.17 Å². The largest absolute Gasteiger partial charge is 0.310 e. The zero-order chi connectivity index (χ0) is 36.0. The standard InChI is InChI=1S/C51H36N2S/c1-51(2)43-18-10-11-19-46(43)53(38-25-21-34(22-26-38)33-13-5-3-6-14-33)47-28-24-36(30-44(47)51)35-23-27-45-40(29-35)41-31-42-39-17-9-12-20-49(39)54-50(42)32-48(41)52(45)37-15-7-4-8-16-37/h3-32H,1-2H3. The van der Waals surface area contributed by atoms with Crippen molar-refractivity contribution in [2.45, 2.75) is 19.3 Å². The molecule has 0 fully saturated rings. The molecule has 1 aliphatic heterocycles. The van der Waals surface area contributed by atoms with Crippen molar-refractivity contribution >= 4 is 70.4 Å². The Morgan fingerprint density at radius 2 is 1.02 bits per heavy atom. The van der Waals surface area contributed by atoms with E-state index in [1.165, 1.54) is 92.4 Å². The maximum atomic E-state index is 2.45. The Kier molecular flexibility index (Phi) is 6.80. The van der Waals surface area contributed by atoms with Crippen LogP contribution in [0.1, 0.15) is 25.0 Å². The summed E-state index contributed by atoms with van der Waals surface area (Å²) in [6.07, 6.45) is 0. The van der Waals surface area contributed by atoms with Gasteiger partial charge in [0.05, 0.1) is 22.4 Å². The number of thiophene rings is 1. The summed E-state index contributed by atoms with van der Waals surface area (Å²) >= 11 is 1.88. The molecule has 0 aliphatic carbocycles. The predicted molar refractivity (Wildman–Crippen MR) is 231 cm³/mol. The third-order valence-corrected chi connectivity index (χ3v) is 12.7. The van der Waals surface area contributed by atoms with Crippen LogP contribution in [0.3, 0.4) is 0 Å². The molecular weight excluding hydrogens is 673 g/mol. The normalized spacial score (nSPS) is 13.5. The number of rotatable bonds is 4. The van der Waals surface area contributed by atoms with Gasteiger partial charge in [0, 0.05) is 47.7 Å². The number of para-hydroxylation sites is 2. The summed E-state index contributed by atoms with van der Waals surface area (Å²) < 4.78 is 5.09. The van der Waals surface area contributed by atoms with Crippen molar-refractivity contribution in [3.63, 3.8) is 0 Å². The van der Waals surface area contributed by atoms with Crippen LogP contribution < -0.4 is 4.90 Å². The average molecular weight is 709 g/mol. The van der Waals surface area contributed by atoms with Crippen LogP contribution in [0.4, 0.5) is 17.1 Å². The molecule has 10 aromatic rings. The Bertz CT molecular complexity index is 3060. The van der Waals surface area contributed by atoms with Gasteiger partial charge in [0.2, 0.25) is 0 Å². The van der Waals surface area contributed by atoms with Crippen molar-refractivity contribution in [3.05, 3.63) is 193 Å². The number of hydrogen-bond donors (Lipinski definition) is 0. The number of aromatic nitrogens is 1. The molecule has 8 aromatic carbocycles. The molecule has 2 nitrogen and oxygen atoms in total. The van der Waals surface area contributed by atoms with Gasteiger partial charge in [0.15, 0.2) is 0 Å². The number of nitrogens with zero attached hydrogens (tertiary/aromatic N) is 2. The molecule has 3 heterocycles. The van der Waals surface area contributed by atoms with Gasteiger partial charge in [0.25, 0.3) is 0 Å². The molecule has 0 saturated carbocycles. The second kappa shape index (κ2) is 11.8. The highest BCUT2D eigenvalue weighted by molar-refractivity contribution is 7.25. The highest BCUT2D eigenvalue weighted by Gasteiger charge is 2.37. The van der Waals surface area contributed by atoms with Gasteiger partial charge in [-0.05, 0) is 106 Å². The molecule has 11 rings (SSSR count). The summed E-state index contributed by atoms with van der Waals surface area (Å²) in [5.41, 5.74) is 14.6. The summed E-state index contributed by atoms with van der Waals surface area (Å²) in [6.45, 7) is 4.74. The minimum atomic E-state index is -0.193. The molecule has 2 aromatic heterocycles. The monoisotopic (exact) mass is 708 g/mol. The van der Waals surface area contributed by atoms with Crippen LogP contribution in [0.25, 0.3) is 69.9 Å². The SMILES string of the molecule is CC1(C)c2ccccc2N(c2ccc(-c3ccccc3)cc2)c2ccc(-c3ccc4c(c3)c3cc5c(cc3n4-c3ccccc3)sc3ccccc35)cc21. The average Bonchev–Trinajstić information content (AvgIpc) is 3.75. The molecule has 0 amide bonds. The lowest BCUT2D eigenvalue weighted by Crippen LogP contribution is -2.30. The number of benzene rings is 8. The molecule has 1 aliphatic rings. The quantitative estimate of drug-likeness (QED) is 0.177. The van der Waals surface area contributed by atoms with Crippen LogP contribution in [0.2, 0.25) is 0 Å². The Hall–Kier alpha value is -6.42. The summed E-state index contributed by atoms with van der Waals surface area (Å²) in [4.78, 5) is 2.45. The summed E-state index contributed by atoms with van der Waals surface area (Å²) in [5.74, 6) is 0. The van der Waals surface area contributed by atoms with E-state index in [1.807, 2.05) is 11.3 Å². The Morgan fingerprint density at radius 3 is 1.85 bits per heavy atom. The van der Waals surface area contributed by atoms with Gasteiger partial charge in [-0.3, -0.25) is 0 Å². The first-order valence-corrected chi connectivity index (χ1v) is 19.5. The van der Waals surface area contributed by atoms with Gasteiger partial charge < -0.3 is 9.47 Å². The van der Waals surface area contributed by atoms with Crippen molar-refractivity contribution in [3.8, 4) is 27.9 Å². The Morgan fingerprint density at radius 1 is 0.389 bits per heavy atom. The summed E-state index contributed by atoms with van der Waals surface area (Å²) in [7, 11) is 0. The number of hydrogen-bond acceptors (Lipinski definition) is 2. The lowest BCUT2D eigenvalue weighted by Gasteiger charge is -2.42. The van der Waals surface area contributed by atoms with Gasteiger partial charge >= 0.3 is 0 Å². The first kappa shape index (κ1) is 31.1. The van der Waals surface area contributed by atoms with Crippen LogP contribution in [-0.2, 0) is 5.41 Å². The Balaban J connectivity index is 1.09. The predicted octanol–water partition coefficient (Wildman–Crippen LogP) is 14.6. The van der Waals surface area contributed by atoms with Crippen LogP contribution in [-0.4, -0.2) is 4.57 Å². The molecule has 0 saturated heterocycles. The number of fused-ring (bicyclic) bond motifs is 8. The summed E-state index contributed by atoms with van der Waals surface area (Å²) in [6, 6.07) is 67.1. The molecule has 0 unspecified atom stereocenters. The second-order valence-electron chi connectivity index (χ2n) is 15.0. The van der Waals surface area contributed by atoms with Gasteiger partial charge in [0.1, 0.15) is 0 Å². The van der Waals surface area contributed by atoms with Crippen LogP contribution in [0.15, 0.2) is 182 Å². The maximum Gasteiger partial charge on any atom is 0.0555 e. The van der Waals surface area contributed by atoms with Crippen LogP contribution in [0, 0.1) is 0 Å². The van der Waals surface area contributed by atoms with E-state index >= 15 is 0 Å². The zero-order valence-electron chi connectivity index (χ0n) is 30.1. The van der Waals surface area contributed by atoms with E-state index in [-0.39, 0.29) is 5.41 Å². The van der Waals surface area contributed by atoms with E-state index in [9.17, 15) is 0 Å². The van der Waals surface area contributed by atoms with E-state index in [0.717, 1.165) is 5.69 Å². The fourth-order valence-corrected chi connectivity index (χ4v) is 9.99. The lowest BCUT2D eigenvalue weighted by atomic mass is 9.73. The summed E-state index contributed by atoms with van der Waals surface area (Å²) in [5, 5.41) is 5.20. The van der Waals surface area contributed by atoms with Crippen LogP contribution in [0.5, 0.6) is 0 Å². The van der Waals surface area contributed by atoms with Crippen molar-refractivity contribution in [2.75, 3.05) is 4.90 Å². The third-order valence-electron chi connectivity index (χ3n) is 11.6. The molecule has 0 spiro atoms. The van der Waals surface area contributed by atoms with E-state index < -0.39 is 0 Å². The minimum absolute atomic E-state index is 0.193. The molecule has 0 radical (unpaired) electrons. The molecule has 0 N–H and O–H groups in total. The smallest absolute Gasteiger partial charge is 0.0555 e. The van der Waals surface area contributed by atoms with E-state index in [2.05, 4.69) is 205 Å². The molecule has 0 bridgehead atoms. The highest BCUT2D eigenvalue weighted by atomic mass is 32.1. The molecule has 3 heteroatoms. The minimum Gasteiger partial charge on any atom is -0.310 e. The first-order chi connectivity index (χ1) is 26.5. The Labute approximate surface area is 318 Å². The zero-order valence-corrected chi connectivity index (χ0v) is 30.9. The van der Waals surface area contributed by atoms with Gasteiger partial charge in [-0.1, -0.05) is 123 Å². The van der Waals surface area contributed by atoms with E-state index in [1.54, 1.807) is 0 Å². The second-order valence-corrected chi connectivity index (χ2v) is 16.1. The van der Waals surface area contributed by atoms with Gasteiger partial charge in [-0.2, -0.15) is 0 Å². The van der Waals surface area contributed by atoms with Crippen molar-refractivity contribution in [2.24, 2.45) is 0 Å². The van der Waals surface area contributed by atoms with Gasteiger partial charge in [-0.25, -0.2) is 0 Å². The maximum absolute atomic E-state index is 2.45. The molecule has 0 atom stereocenters. The first-order valence-electron chi connectivity index (χ1n) is 18.7. The molecule has 256 valence electrons. The van der Waals surface area contributed by atoms with Crippen molar-refractivity contribution in [1.82, 2.24) is 4.57 Å². The van der Waals surface area contributed by atoms with Crippen molar-refractivity contribution < 1.29 is 0 Å². The fraction of sp³-hybridized carbons (Fsp3) is 0.0588. The lowest BCUT2D eigenvalue weighted by molar-refractivity contribution is 0.632. The fourth-order valence-electron chi connectivity index (χ4n) is 8.87. The molecule has 54 heavy (non-hydrogen) atoms. The van der Waals surface area contributed by atoms with E-state index in [0.29, 0.717) is 0 Å². The van der Waals surface area contributed by atoms with E-state index in [4.69, 9.17) is 0 Å². The third kappa shape index (κ3) is 4.65. The number of anilines is 3. The van der Waals surface area contributed by atoms with Crippen LogP contribution >= 0.6 is 11.3 Å². The van der Waals surface area contributed by atoms with Gasteiger partial charge in [-0.15, -0.1) is 11.3 Å². The van der Waals surface area contributed by atoms with Crippen molar-refractivity contribution in [1.29, 1.82) is 0 Å². The molecular formula is C51H36N2S.